The van der Waals surface area contributed by atoms with Crippen LogP contribution in [0.25, 0.3) is 0 Å². The number of fused-ring (bicyclic) bond motifs is 1. The molecule has 7 heteroatoms. The van der Waals surface area contributed by atoms with Gasteiger partial charge < -0.3 is 19.5 Å². The van der Waals surface area contributed by atoms with Gasteiger partial charge in [0.1, 0.15) is 5.56 Å². The molecule has 1 aromatic heterocycles. The van der Waals surface area contributed by atoms with Gasteiger partial charge in [0.05, 0.1) is 18.6 Å². The molecule has 7 nitrogen and oxygen atoms in total. The zero-order valence-corrected chi connectivity index (χ0v) is 18.9. The third kappa shape index (κ3) is 4.35. The minimum Gasteiger partial charge on any atom is -0.384 e. The molecule has 32 heavy (non-hydrogen) atoms. The number of hydrogen-bond acceptors (Lipinski definition) is 4. The number of nitrogens with one attached hydrogen (secondary N) is 1. The Hall–Kier alpha value is -2.93. The van der Waals surface area contributed by atoms with Crippen molar-refractivity contribution in [3.63, 3.8) is 0 Å². The Morgan fingerprint density at radius 1 is 1.19 bits per heavy atom. The van der Waals surface area contributed by atoms with Gasteiger partial charge in [-0.3, -0.25) is 14.4 Å². The molecule has 4 rings (SSSR count). The number of pyridine rings is 1. The van der Waals surface area contributed by atoms with Crippen LogP contribution >= 0.6 is 0 Å². The van der Waals surface area contributed by atoms with Crippen LogP contribution in [0.3, 0.4) is 0 Å². The van der Waals surface area contributed by atoms with Crippen LogP contribution < -0.4 is 10.9 Å². The molecular weight excluding hydrogens is 406 g/mol. The molecule has 1 N–H and O–H groups in total. The van der Waals surface area contributed by atoms with Gasteiger partial charge in [-0.15, -0.1) is 0 Å². The maximum absolute atomic E-state index is 13.3. The number of aromatic nitrogens is 1. The molecule has 1 saturated carbocycles. The number of benzene rings is 1. The van der Waals surface area contributed by atoms with Crippen LogP contribution in [0, 0.1) is 5.41 Å². The first kappa shape index (κ1) is 22.3. The highest BCUT2D eigenvalue weighted by atomic mass is 16.5. The van der Waals surface area contributed by atoms with Crippen molar-refractivity contribution in [1.82, 2.24) is 14.8 Å². The molecule has 0 spiro atoms. The molecule has 0 radical (unpaired) electrons. The third-order valence-corrected chi connectivity index (χ3v) is 6.44. The minimum absolute atomic E-state index is 0.114. The SMILES string of the molecule is CCCNC(=O)c1c2c(cn(Cc3ccccc3)c1=O)CN(C(=O)C1(COC)CC1)CC2. The van der Waals surface area contributed by atoms with Gasteiger partial charge in [-0.05, 0) is 42.4 Å². The van der Waals surface area contributed by atoms with E-state index >= 15 is 0 Å². The molecule has 1 aromatic carbocycles. The Balaban J connectivity index is 1.69. The summed E-state index contributed by atoms with van der Waals surface area (Å²) in [6, 6.07) is 9.71. The van der Waals surface area contributed by atoms with E-state index in [9.17, 15) is 14.4 Å². The number of carbonyl (C=O) groups is 2. The van der Waals surface area contributed by atoms with Gasteiger partial charge in [-0.2, -0.15) is 0 Å². The maximum atomic E-state index is 13.3. The third-order valence-electron chi connectivity index (χ3n) is 6.44. The second-order valence-electron chi connectivity index (χ2n) is 8.87. The van der Waals surface area contributed by atoms with Crippen LogP contribution in [0.1, 0.15) is 53.2 Å². The van der Waals surface area contributed by atoms with E-state index in [1.807, 2.05) is 48.4 Å². The Morgan fingerprint density at radius 2 is 1.94 bits per heavy atom. The molecule has 2 aromatic rings. The Bertz CT molecular complexity index is 1060. The molecule has 0 atom stereocenters. The predicted octanol–water partition coefficient (Wildman–Crippen LogP) is 2.35. The Morgan fingerprint density at radius 3 is 2.59 bits per heavy atom. The first-order valence-electron chi connectivity index (χ1n) is 11.3. The second kappa shape index (κ2) is 9.28. The summed E-state index contributed by atoms with van der Waals surface area (Å²) in [6.45, 7) is 4.22. The highest BCUT2D eigenvalue weighted by Crippen LogP contribution is 2.48. The highest BCUT2D eigenvalue weighted by Gasteiger charge is 2.52. The van der Waals surface area contributed by atoms with Gasteiger partial charge >= 0.3 is 0 Å². The average molecular weight is 438 g/mol. The largest absolute Gasteiger partial charge is 0.384 e. The van der Waals surface area contributed by atoms with Gasteiger partial charge in [-0.1, -0.05) is 37.3 Å². The number of ether oxygens (including phenoxy) is 1. The van der Waals surface area contributed by atoms with Crippen LogP contribution in [0.2, 0.25) is 0 Å². The molecule has 2 amide bonds. The van der Waals surface area contributed by atoms with Crippen LogP contribution in [-0.4, -0.2) is 48.1 Å². The molecule has 0 unspecified atom stereocenters. The lowest BCUT2D eigenvalue weighted by molar-refractivity contribution is -0.140. The average Bonchev–Trinajstić information content (AvgIpc) is 3.59. The van der Waals surface area contributed by atoms with E-state index < -0.39 is 5.41 Å². The van der Waals surface area contributed by atoms with Crippen molar-refractivity contribution in [1.29, 1.82) is 0 Å². The molecule has 2 aliphatic rings. The van der Waals surface area contributed by atoms with Gasteiger partial charge in [0.25, 0.3) is 11.5 Å². The number of methoxy groups -OCH3 is 1. The summed E-state index contributed by atoms with van der Waals surface area (Å²) in [5, 5.41) is 2.87. The normalized spacial score (nSPS) is 16.4. The van der Waals surface area contributed by atoms with Crippen molar-refractivity contribution in [2.45, 2.75) is 45.7 Å². The highest BCUT2D eigenvalue weighted by molar-refractivity contribution is 5.96. The van der Waals surface area contributed by atoms with Crippen LogP contribution in [-0.2, 0) is 29.0 Å². The molecule has 170 valence electrons. The fourth-order valence-corrected chi connectivity index (χ4v) is 4.53. The number of carbonyl (C=O) groups excluding carboxylic acids is 2. The summed E-state index contributed by atoms with van der Waals surface area (Å²) >= 11 is 0. The zero-order chi connectivity index (χ0) is 22.7. The zero-order valence-electron chi connectivity index (χ0n) is 18.9. The van der Waals surface area contributed by atoms with Crippen LogP contribution in [0.4, 0.5) is 0 Å². The first-order valence-corrected chi connectivity index (χ1v) is 11.3. The van der Waals surface area contributed by atoms with E-state index in [4.69, 9.17) is 4.74 Å². The quantitative estimate of drug-likeness (QED) is 0.688. The summed E-state index contributed by atoms with van der Waals surface area (Å²) in [5.74, 6) is -0.212. The van der Waals surface area contributed by atoms with Gasteiger partial charge in [0.2, 0.25) is 5.91 Å². The number of amides is 2. The van der Waals surface area contributed by atoms with E-state index in [1.54, 1.807) is 11.7 Å². The van der Waals surface area contributed by atoms with Gasteiger partial charge in [0, 0.05) is 32.9 Å². The molecule has 2 heterocycles. The van der Waals surface area contributed by atoms with Crippen molar-refractivity contribution in [3.05, 3.63) is 69.1 Å². The van der Waals surface area contributed by atoms with Crippen LogP contribution in [0.5, 0.6) is 0 Å². The van der Waals surface area contributed by atoms with Gasteiger partial charge in [0.15, 0.2) is 0 Å². The monoisotopic (exact) mass is 437 g/mol. The Labute approximate surface area is 188 Å². The smallest absolute Gasteiger partial charge is 0.264 e. The van der Waals surface area contributed by atoms with E-state index in [0.717, 1.165) is 36.0 Å². The molecule has 0 saturated heterocycles. The minimum atomic E-state index is -0.397. The van der Waals surface area contributed by atoms with E-state index in [1.165, 1.54) is 0 Å². The number of rotatable bonds is 8. The summed E-state index contributed by atoms with van der Waals surface area (Å²) in [5.41, 5.74) is 2.17. The van der Waals surface area contributed by atoms with Crippen molar-refractivity contribution in [2.75, 3.05) is 26.8 Å². The lowest BCUT2D eigenvalue weighted by atomic mass is 9.94. The number of hydrogen-bond donors (Lipinski definition) is 1. The lowest BCUT2D eigenvalue weighted by Gasteiger charge is -2.33. The summed E-state index contributed by atoms with van der Waals surface area (Å²) in [4.78, 5) is 41.3. The fraction of sp³-hybridized carbons (Fsp3) is 0.480. The van der Waals surface area contributed by atoms with E-state index in [-0.39, 0.29) is 22.9 Å². The van der Waals surface area contributed by atoms with Gasteiger partial charge in [-0.25, -0.2) is 0 Å². The summed E-state index contributed by atoms with van der Waals surface area (Å²) < 4.78 is 6.90. The Kier molecular flexibility index (Phi) is 6.46. The summed E-state index contributed by atoms with van der Waals surface area (Å²) in [7, 11) is 1.63. The molecule has 0 bridgehead atoms. The molecule has 1 aliphatic carbocycles. The van der Waals surface area contributed by atoms with Crippen molar-refractivity contribution in [3.8, 4) is 0 Å². The van der Waals surface area contributed by atoms with Crippen molar-refractivity contribution in [2.24, 2.45) is 5.41 Å². The second-order valence-corrected chi connectivity index (χ2v) is 8.87. The fourth-order valence-electron chi connectivity index (χ4n) is 4.53. The topological polar surface area (TPSA) is 80.6 Å². The maximum Gasteiger partial charge on any atom is 0.264 e. The molecular formula is C25H31N3O4. The number of nitrogens with zero attached hydrogens (tertiary/aromatic N) is 2. The van der Waals surface area contributed by atoms with E-state index in [0.29, 0.717) is 39.2 Å². The van der Waals surface area contributed by atoms with Crippen molar-refractivity contribution < 1.29 is 14.3 Å². The molecule has 1 fully saturated rings. The predicted molar refractivity (Wildman–Crippen MR) is 122 cm³/mol. The van der Waals surface area contributed by atoms with Crippen molar-refractivity contribution >= 4 is 11.8 Å². The lowest BCUT2D eigenvalue weighted by Crippen LogP contribution is -2.44. The summed E-state index contributed by atoms with van der Waals surface area (Å²) in [6.07, 6.45) is 4.82. The van der Waals surface area contributed by atoms with E-state index in [2.05, 4.69) is 5.32 Å². The van der Waals surface area contributed by atoms with Crippen LogP contribution in [0.15, 0.2) is 41.3 Å². The standard InChI is InChI=1S/C25H31N3O4/c1-3-12-26-22(29)21-20-9-13-27(24(31)25(10-11-25)17-32-2)15-19(20)16-28(23(21)30)14-18-7-5-4-6-8-18/h4-8,16H,3,9-15,17H2,1-2H3,(H,26,29). The molecule has 1 aliphatic heterocycles. The first-order chi connectivity index (χ1) is 15.5.